The summed E-state index contributed by atoms with van der Waals surface area (Å²) in [6.07, 6.45) is 5.39. The van der Waals surface area contributed by atoms with E-state index in [4.69, 9.17) is 5.73 Å². The van der Waals surface area contributed by atoms with Crippen molar-refractivity contribution in [1.29, 1.82) is 0 Å². The summed E-state index contributed by atoms with van der Waals surface area (Å²) in [5, 5.41) is 0. The molecule has 0 aliphatic carbocycles. The molecule has 1 aromatic carbocycles. The second-order valence-corrected chi connectivity index (χ2v) is 4.71. The molecule has 3 nitrogen and oxygen atoms in total. The summed E-state index contributed by atoms with van der Waals surface area (Å²) in [5.74, 6) is -0.204. The van der Waals surface area contributed by atoms with E-state index in [1.807, 2.05) is 18.2 Å². The maximum absolute atomic E-state index is 13.4. The number of benzene rings is 1. The SMILES string of the molecule is NCCCN(CCc1ccncc1)c1cccc(F)c1. The molecule has 106 valence electrons. The highest BCUT2D eigenvalue weighted by atomic mass is 19.1. The smallest absolute Gasteiger partial charge is 0.125 e. The van der Waals surface area contributed by atoms with Crippen molar-refractivity contribution in [3.05, 3.63) is 60.2 Å². The number of halogens is 1. The fourth-order valence-corrected chi connectivity index (χ4v) is 2.14. The summed E-state index contributed by atoms with van der Waals surface area (Å²) in [7, 11) is 0. The van der Waals surface area contributed by atoms with Crippen LogP contribution in [0.15, 0.2) is 48.8 Å². The molecule has 0 unspecified atom stereocenters. The largest absolute Gasteiger partial charge is 0.371 e. The van der Waals surface area contributed by atoms with Crippen molar-refractivity contribution in [3.8, 4) is 0 Å². The topological polar surface area (TPSA) is 42.1 Å². The van der Waals surface area contributed by atoms with Crippen LogP contribution in [0.2, 0.25) is 0 Å². The van der Waals surface area contributed by atoms with E-state index in [1.54, 1.807) is 24.5 Å². The minimum Gasteiger partial charge on any atom is -0.371 e. The van der Waals surface area contributed by atoms with Gasteiger partial charge in [-0.3, -0.25) is 4.98 Å². The number of nitrogens with two attached hydrogens (primary N) is 1. The molecule has 0 atom stereocenters. The Bertz CT molecular complexity index is 516. The highest BCUT2D eigenvalue weighted by molar-refractivity contribution is 5.46. The molecule has 2 aromatic rings. The van der Waals surface area contributed by atoms with Crippen LogP contribution in [-0.2, 0) is 6.42 Å². The molecule has 1 aromatic heterocycles. The molecule has 20 heavy (non-hydrogen) atoms. The number of anilines is 1. The van der Waals surface area contributed by atoms with Gasteiger partial charge in [-0.2, -0.15) is 0 Å². The molecule has 0 saturated carbocycles. The first-order chi connectivity index (χ1) is 9.79. The van der Waals surface area contributed by atoms with E-state index in [9.17, 15) is 4.39 Å². The zero-order valence-electron chi connectivity index (χ0n) is 11.5. The van der Waals surface area contributed by atoms with Gasteiger partial charge >= 0.3 is 0 Å². The van der Waals surface area contributed by atoms with Crippen LogP contribution in [0.5, 0.6) is 0 Å². The average Bonchev–Trinajstić information content (AvgIpc) is 2.48. The molecule has 0 aliphatic heterocycles. The van der Waals surface area contributed by atoms with E-state index in [-0.39, 0.29) is 5.82 Å². The second kappa shape index (κ2) is 7.60. The fourth-order valence-electron chi connectivity index (χ4n) is 2.14. The van der Waals surface area contributed by atoms with Gasteiger partial charge in [0.05, 0.1) is 0 Å². The number of hydrogen-bond acceptors (Lipinski definition) is 3. The summed E-state index contributed by atoms with van der Waals surface area (Å²) in [6, 6.07) is 10.7. The summed E-state index contributed by atoms with van der Waals surface area (Å²) < 4.78 is 13.4. The lowest BCUT2D eigenvalue weighted by molar-refractivity contribution is 0.625. The molecular weight excluding hydrogens is 253 g/mol. The third kappa shape index (κ3) is 4.31. The van der Waals surface area contributed by atoms with Gasteiger partial charge in [0.15, 0.2) is 0 Å². The van der Waals surface area contributed by atoms with Crippen LogP contribution >= 0.6 is 0 Å². The highest BCUT2D eigenvalue weighted by Crippen LogP contribution is 2.16. The Morgan fingerprint density at radius 3 is 2.60 bits per heavy atom. The Balaban J connectivity index is 2.03. The zero-order chi connectivity index (χ0) is 14.2. The van der Waals surface area contributed by atoms with Crippen LogP contribution in [0.4, 0.5) is 10.1 Å². The van der Waals surface area contributed by atoms with Gasteiger partial charge in [0, 0.05) is 31.2 Å². The van der Waals surface area contributed by atoms with Gasteiger partial charge in [-0.1, -0.05) is 6.07 Å². The number of rotatable bonds is 7. The van der Waals surface area contributed by atoms with Gasteiger partial charge in [-0.25, -0.2) is 4.39 Å². The minimum absolute atomic E-state index is 0.204. The lowest BCUT2D eigenvalue weighted by Gasteiger charge is -2.24. The monoisotopic (exact) mass is 273 g/mol. The third-order valence-corrected chi connectivity index (χ3v) is 3.23. The van der Waals surface area contributed by atoms with Gasteiger partial charge in [0.2, 0.25) is 0 Å². The number of aromatic nitrogens is 1. The van der Waals surface area contributed by atoms with E-state index in [1.165, 1.54) is 11.6 Å². The van der Waals surface area contributed by atoms with Crippen LogP contribution in [0, 0.1) is 5.82 Å². The summed E-state index contributed by atoms with van der Waals surface area (Å²) in [5.41, 5.74) is 7.72. The zero-order valence-corrected chi connectivity index (χ0v) is 11.5. The van der Waals surface area contributed by atoms with Crippen molar-refractivity contribution >= 4 is 5.69 Å². The Hall–Kier alpha value is -1.94. The molecule has 1 heterocycles. The van der Waals surface area contributed by atoms with Crippen molar-refractivity contribution in [1.82, 2.24) is 4.98 Å². The van der Waals surface area contributed by atoms with Crippen molar-refractivity contribution < 1.29 is 4.39 Å². The van der Waals surface area contributed by atoms with Crippen molar-refractivity contribution in [3.63, 3.8) is 0 Å². The van der Waals surface area contributed by atoms with Crippen molar-refractivity contribution in [2.75, 3.05) is 24.5 Å². The first-order valence-corrected chi connectivity index (χ1v) is 6.89. The molecule has 0 saturated heterocycles. The van der Waals surface area contributed by atoms with E-state index in [0.29, 0.717) is 6.54 Å². The fraction of sp³-hybridized carbons (Fsp3) is 0.312. The van der Waals surface area contributed by atoms with Crippen molar-refractivity contribution in [2.45, 2.75) is 12.8 Å². The maximum atomic E-state index is 13.4. The summed E-state index contributed by atoms with van der Waals surface area (Å²) in [6.45, 7) is 2.32. The average molecular weight is 273 g/mol. The predicted octanol–water partition coefficient (Wildman–Crippen LogP) is 2.62. The highest BCUT2D eigenvalue weighted by Gasteiger charge is 2.07. The lowest BCUT2D eigenvalue weighted by Crippen LogP contribution is -2.28. The van der Waals surface area contributed by atoms with Gasteiger partial charge in [-0.05, 0) is 55.3 Å². The Kier molecular flexibility index (Phi) is 5.50. The molecule has 0 fully saturated rings. The predicted molar refractivity (Wildman–Crippen MR) is 80.2 cm³/mol. The van der Waals surface area contributed by atoms with Gasteiger partial charge in [-0.15, -0.1) is 0 Å². The van der Waals surface area contributed by atoms with Gasteiger partial charge < -0.3 is 10.6 Å². The number of nitrogens with zero attached hydrogens (tertiary/aromatic N) is 2. The Labute approximate surface area is 119 Å². The van der Waals surface area contributed by atoms with Gasteiger partial charge in [0.1, 0.15) is 5.82 Å². The standard InChI is InChI=1S/C16H20FN3/c17-15-3-1-4-16(13-15)20(11-2-8-18)12-7-14-5-9-19-10-6-14/h1,3-6,9-10,13H,2,7-8,11-12,18H2. The molecule has 0 aliphatic rings. The molecule has 0 radical (unpaired) electrons. The Morgan fingerprint density at radius 2 is 1.90 bits per heavy atom. The third-order valence-electron chi connectivity index (χ3n) is 3.23. The number of hydrogen-bond donors (Lipinski definition) is 1. The molecule has 4 heteroatoms. The molecule has 2 N–H and O–H groups in total. The Morgan fingerprint density at radius 1 is 1.10 bits per heavy atom. The normalized spacial score (nSPS) is 10.5. The van der Waals surface area contributed by atoms with E-state index in [2.05, 4.69) is 9.88 Å². The summed E-state index contributed by atoms with van der Waals surface area (Å²) >= 11 is 0. The van der Waals surface area contributed by atoms with Crippen LogP contribution in [0.3, 0.4) is 0 Å². The van der Waals surface area contributed by atoms with E-state index in [0.717, 1.165) is 31.6 Å². The van der Waals surface area contributed by atoms with Crippen LogP contribution < -0.4 is 10.6 Å². The molecule has 0 bridgehead atoms. The molecule has 2 rings (SSSR count). The van der Waals surface area contributed by atoms with Gasteiger partial charge in [0.25, 0.3) is 0 Å². The number of pyridine rings is 1. The van der Waals surface area contributed by atoms with E-state index >= 15 is 0 Å². The van der Waals surface area contributed by atoms with Crippen LogP contribution in [0.1, 0.15) is 12.0 Å². The lowest BCUT2D eigenvalue weighted by atomic mass is 10.1. The van der Waals surface area contributed by atoms with Crippen LogP contribution in [-0.4, -0.2) is 24.6 Å². The quantitative estimate of drug-likeness (QED) is 0.843. The van der Waals surface area contributed by atoms with E-state index < -0.39 is 0 Å². The molecule has 0 spiro atoms. The second-order valence-electron chi connectivity index (χ2n) is 4.71. The van der Waals surface area contributed by atoms with Crippen LogP contribution in [0.25, 0.3) is 0 Å². The molecular formula is C16H20FN3. The van der Waals surface area contributed by atoms with Crippen molar-refractivity contribution in [2.24, 2.45) is 5.73 Å². The minimum atomic E-state index is -0.204. The first-order valence-electron chi connectivity index (χ1n) is 6.89. The maximum Gasteiger partial charge on any atom is 0.125 e. The first kappa shape index (κ1) is 14.5. The summed E-state index contributed by atoms with van der Waals surface area (Å²) in [4.78, 5) is 6.19. The molecule has 0 amide bonds.